The Balaban J connectivity index is 1.73. The first-order chi connectivity index (χ1) is 12.0. The quantitative estimate of drug-likeness (QED) is 0.715. The van der Waals surface area contributed by atoms with Gasteiger partial charge in [0.25, 0.3) is 5.91 Å². The van der Waals surface area contributed by atoms with Crippen molar-refractivity contribution < 1.29 is 19.1 Å². The van der Waals surface area contributed by atoms with Gasteiger partial charge in [0.2, 0.25) is 0 Å². The highest BCUT2D eigenvalue weighted by Crippen LogP contribution is 2.17. The van der Waals surface area contributed by atoms with E-state index in [2.05, 4.69) is 21.2 Å². The molecule has 2 aromatic rings. The maximum absolute atomic E-state index is 11.9. The van der Waals surface area contributed by atoms with Crippen LogP contribution in [0.1, 0.15) is 24.1 Å². The van der Waals surface area contributed by atoms with Gasteiger partial charge < -0.3 is 14.8 Å². The van der Waals surface area contributed by atoms with E-state index in [0.717, 1.165) is 15.6 Å². The first kappa shape index (κ1) is 19.0. The Morgan fingerprint density at radius 2 is 1.76 bits per heavy atom. The Hall–Kier alpha value is -2.34. The van der Waals surface area contributed by atoms with Crippen molar-refractivity contribution >= 4 is 27.8 Å². The predicted molar refractivity (Wildman–Crippen MR) is 98.3 cm³/mol. The molecule has 0 fully saturated rings. The number of nitrogens with one attached hydrogen (secondary N) is 1. The van der Waals surface area contributed by atoms with E-state index in [-0.39, 0.29) is 25.2 Å². The number of aryl methyl sites for hydroxylation is 1. The summed E-state index contributed by atoms with van der Waals surface area (Å²) >= 11 is 3.37. The van der Waals surface area contributed by atoms with Crippen LogP contribution in [0.15, 0.2) is 53.0 Å². The largest absolute Gasteiger partial charge is 0.482 e. The third kappa shape index (κ3) is 6.23. The lowest BCUT2D eigenvalue weighted by Crippen LogP contribution is -2.31. The van der Waals surface area contributed by atoms with Crippen molar-refractivity contribution in [3.63, 3.8) is 0 Å². The fourth-order valence-electron chi connectivity index (χ4n) is 2.16. The Bertz CT molecular complexity index is 730. The molecule has 0 aliphatic carbocycles. The highest BCUT2D eigenvalue weighted by Gasteiger charge is 2.12. The zero-order valence-electron chi connectivity index (χ0n) is 14.1. The van der Waals surface area contributed by atoms with Crippen LogP contribution in [0, 0.1) is 6.92 Å². The lowest BCUT2D eigenvalue weighted by atomic mass is 10.1. The van der Waals surface area contributed by atoms with E-state index >= 15 is 0 Å². The zero-order chi connectivity index (χ0) is 18.2. The van der Waals surface area contributed by atoms with E-state index in [1.165, 1.54) is 0 Å². The molecule has 0 saturated carbocycles. The Morgan fingerprint density at radius 3 is 2.44 bits per heavy atom. The van der Waals surface area contributed by atoms with Gasteiger partial charge in [0.15, 0.2) is 13.2 Å². The molecule has 0 saturated heterocycles. The number of hydrogen-bond acceptors (Lipinski definition) is 4. The lowest BCUT2D eigenvalue weighted by Gasteiger charge is -2.14. The fraction of sp³-hybridized carbons (Fsp3) is 0.263. The summed E-state index contributed by atoms with van der Waals surface area (Å²) in [5.74, 6) is -0.331. The van der Waals surface area contributed by atoms with E-state index in [1.807, 2.05) is 56.3 Å². The third-order valence-corrected chi connectivity index (χ3v) is 4.08. The molecule has 0 unspecified atom stereocenters. The molecule has 0 heterocycles. The number of esters is 1. The van der Waals surface area contributed by atoms with Crippen molar-refractivity contribution in [1.29, 1.82) is 0 Å². The fourth-order valence-corrected chi connectivity index (χ4v) is 2.43. The number of amides is 1. The predicted octanol–water partition coefficient (Wildman–Crippen LogP) is 3.56. The number of rotatable bonds is 7. The number of halogens is 1. The minimum absolute atomic E-state index is 0.178. The van der Waals surface area contributed by atoms with Crippen LogP contribution in [-0.2, 0) is 14.3 Å². The summed E-state index contributed by atoms with van der Waals surface area (Å²) in [6.07, 6.45) is 0. The molecule has 6 heteroatoms. The number of hydrogen-bond donors (Lipinski definition) is 1. The Labute approximate surface area is 155 Å². The van der Waals surface area contributed by atoms with Crippen molar-refractivity contribution in [3.8, 4) is 5.75 Å². The van der Waals surface area contributed by atoms with Gasteiger partial charge in [0.1, 0.15) is 5.75 Å². The molecule has 0 aliphatic rings. The standard InChI is InChI=1S/C19H20BrNO4/c1-13-5-3-4-6-17(13)24-12-19(23)25-11-18(22)21-14(2)15-7-9-16(20)10-8-15/h3-10,14H,11-12H2,1-2H3,(H,21,22)/t14-/m0/s1. The van der Waals surface area contributed by atoms with Gasteiger partial charge in [-0.2, -0.15) is 0 Å². The molecule has 0 aliphatic heterocycles. The van der Waals surface area contributed by atoms with E-state index in [9.17, 15) is 9.59 Å². The summed E-state index contributed by atoms with van der Waals surface area (Å²) < 4.78 is 11.3. The summed E-state index contributed by atoms with van der Waals surface area (Å²) in [5.41, 5.74) is 1.89. The number of benzene rings is 2. The monoisotopic (exact) mass is 405 g/mol. The smallest absolute Gasteiger partial charge is 0.344 e. The van der Waals surface area contributed by atoms with Crippen molar-refractivity contribution in [1.82, 2.24) is 5.32 Å². The molecule has 1 amide bonds. The summed E-state index contributed by atoms with van der Waals surface area (Å²) in [6.45, 7) is 3.18. The van der Waals surface area contributed by atoms with E-state index in [1.54, 1.807) is 6.07 Å². The SMILES string of the molecule is Cc1ccccc1OCC(=O)OCC(=O)N[C@@H](C)c1ccc(Br)cc1. The lowest BCUT2D eigenvalue weighted by molar-refractivity contribution is -0.150. The molecule has 0 spiro atoms. The number of para-hydroxylation sites is 1. The number of carbonyl (C=O) groups excluding carboxylic acids is 2. The number of ether oxygens (including phenoxy) is 2. The summed E-state index contributed by atoms with van der Waals surface area (Å²) in [6, 6.07) is 14.8. The molecular formula is C19H20BrNO4. The Morgan fingerprint density at radius 1 is 1.08 bits per heavy atom. The van der Waals surface area contributed by atoms with Crippen LogP contribution in [0.5, 0.6) is 5.75 Å². The van der Waals surface area contributed by atoms with Crippen LogP contribution in [0.3, 0.4) is 0 Å². The molecule has 1 atom stereocenters. The molecule has 2 aromatic carbocycles. The maximum atomic E-state index is 11.9. The third-order valence-electron chi connectivity index (χ3n) is 3.55. The first-order valence-electron chi connectivity index (χ1n) is 7.84. The molecule has 2 rings (SSSR count). The van der Waals surface area contributed by atoms with Gasteiger partial charge in [-0.3, -0.25) is 4.79 Å². The van der Waals surface area contributed by atoms with E-state index in [0.29, 0.717) is 5.75 Å². The average molecular weight is 406 g/mol. The van der Waals surface area contributed by atoms with Crippen LogP contribution in [0.25, 0.3) is 0 Å². The Kier molecular flexibility index (Phi) is 7.01. The van der Waals surface area contributed by atoms with Gasteiger partial charge in [-0.15, -0.1) is 0 Å². The van der Waals surface area contributed by atoms with Gasteiger partial charge in [-0.1, -0.05) is 46.3 Å². The molecule has 1 N–H and O–H groups in total. The van der Waals surface area contributed by atoms with E-state index < -0.39 is 5.97 Å². The minimum atomic E-state index is -0.588. The minimum Gasteiger partial charge on any atom is -0.482 e. The average Bonchev–Trinajstić information content (AvgIpc) is 2.59. The summed E-state index contributed by atoms with van der Waals surface area (Å²) in [5, 5.41) is 2.78. The van der Waals surface area contributed by atoms with Crippen molar-refractivity contribution in [3.05, 3.63) is 64.1 Å². The normalized spacial score (nSPS) is 11.5. The molecule has 0 bridgehead atoms. The van der Waals surface area contributed by atoms with Gasteiger partial charge in [-0.25, -0.2) is 4.79 Å². The van der Waals surface area contributed by atoms with Crippen LogP contribution in [-0.4, -0.2) is 25.1 Å². The van der Waals surface area contributed by atoms with Crippen molar-refractivity contribution in [2.24, 2.45) is 0 Å². The van der Waals surface area contributed by atoms with Crippen LogP contribution >= 0.6 is 15.9 Å². The van der Waals surface area contributed by atoms with Gasteiger partial charge >= 0.3 is 5.97 Å². The van der Waals surface area contributed by atoms with Crippen molar-refractivity contribution in [2.45, 2.75) is 19.9 Å². The molecule has 0 radical (unpaired) electrons. The van der Waals surface area contributed by atoms with E-state index in [4.69, 9.17) is 9.47 Å². The summed E-state index contributed by atoms with van der Waals surface area (Å²) in [4.78, 5) is 23.6. The van der Waals surface area contributed by atoms with Crippen LogP contribution < -0.4 is 10.1 Å². The highest BCUT2D eigenvalue weighted by atomic mass is 79.9. The van der Waals surface area contributed by atoms with Crippen molar-refractivity contribution in [2.75, 3.05) is 13.2 Å². The second-order valence-corrected chi connectivity index (χ2v) is 6.47. The number of carbonyl (C=O) groups is 2. The first-order valence-corrected chi connectivity index (χ1v) is 8.64. The molecular weight excluding hydrogens is 386 g/mol. The second kappa shape index (κ2) is 9.22. The van der Waals surface area contributed by atoms with Gasteiger partial charge in [0, 0.05) is 4.47 Å². The van der Waals surface area contributed by atoms with Crippen LogP contribution in [0.4, 0.5) is 0 Å². The van der Waals surface area contributed by atoms with Gasteiger partial charge in [0.05, 0.1) is 6.04 Å². The van der Waals surface area contributed by atoms with Gasteiger partial charge in [-0.05, 0) is 43.2 Å². The topological polar surface area (TPSA) is 64.6 Å². The molecule has 25 heavy (non-hydrogen) atoms. The molecule has 5 nitrogen and oxygen atoms in total. The highest BCUT2D eigenvalue weighted by molar-refractivity contribution is 9.10. The molecule has 0 aromatic heterocycles. The zero-order valence-corrected chi connectivity index (χ0v) is 15.7. The van der Waals surface area contributed by atoms with Crippen LogP contribution in [0.2, 0.25) is 0 Å². The summed E-state index contributed by atoms with van der Waals surface area (Å²) in [7, 11) is 0. The molecule has 132 valence electrons. The maximum Gasteiger partial charge on any atom is 0.344 e. The second-order valence-electron chi connectivity index (χ2n) is 5.56.